The van der Waals surface area contributed by atoms with E-state index < -0.39 is 25.6 Å². The number of halogens is 1. The lowest BCUT2D eigenvalue weighted by Crippen LogP contribution is -2.48. The predicted octanol–water partition coefficient (Wildman–Crippen LogP) is 8.08. The Labute approximate surface area is 250 Å². The molecule has 0 aliphatic carbocycles. The zero-order chi connectivity index (χ0) is 31.3. The Morgan fingerprint density at radius 3 is 2.38 bits per heavy atom. The van der Waals surface area contributed by atoms with Gasteiger partial charge in [0.1, 0.15) is 28.7 Å². The van der Waals surface area contributed by atoms with Gasteiger partial charge in [-0.3, -0.25) is 0 Å². The van der Waals surface area contributed by atoms with Crippen LogP contribution in [0.15, 0.2) is 36.4 Å². The summed E-state index contributed by atoms with van der Waals surface area (Å²) >= 11 is 0. The third-order valence-corrected chi connectivity index (χ3v) is 12.6. The van der Waals surface area contributed by atoms with Crippen molar-refractivity contribution in [1.29, 1.82) is 0 Å². The quantitative estimate of drug-likeness (QED) is 0.160. The first kappa shape index (κ1) is 33.1. The number of rotatable bonds is 14. The number of aromatic carboxylic acids is 1. The van der Waals surface area contributed by atoms with Crippen molar-refractivity contribution < 1.29 is 28.2 Å². The molecule has 0 spiro atoms. The minimum atomic E-state index is -2.10. The van der Waals surface area contributed by atoms with Crippen molar-refractivity contribution in [1.82, 2.24) is 4.98 Å². The zero-order valence-electron chi connectivity index (χ0n) is 26.4. The van der Waals surface area contributed by atoms with Crippen LogP contribution in [-0.4, -0.2) is 50.7 Å². The molecule has 0 fully saturated rings. The number of fused-ring (bicyclic) bond motifs is 1. The maximum atomic E-state index is 14.4. The van der Waals surface area contributed by atoms with Gasteiger partial charge in [0, 0.05) is 29.6 Å². The van der Waals surface area contributed by atoms with Crippen LogP contribution in [0.2, 0.25) is 18.1 Å². The minimum absolute atomic E-state index is 0.0170. The molecule has 0 amide bonds. The third-order valence-electron chi connectivity index (χ3n) is 8.17. The zero-order valence-corrected chi connectivity index (χ0v) is 27.4. The number of carboxylic acid groups (broad SMARTS) is 1. The Bertz CT molecular complexity index is 1410. The Balaban J connectivity index is 2.11. The number of anilines is 2. The molecule has 3 N–H and O–H groups in total. The lowest BCUT2D eigenvalue weighted by atomic mass is 9.94. The van der Waals surface area contributed by atoms with Crippen molar-refractivity contribution >= 4 is 36.7 Å². The van der Waals surface area contributed by atoms with E-state index in [-0.39, 0.29) is 23.0 Å². The fourth-order valence-corrected chi connectivity index (χ4v) is 5.59. The van der Waals surface area contributed by atoms with Gasteiger partial charge in [-0.2, -0.15) is 0 Å². The fraction of sp³-hybridized carbons (Fsp3) is 0.500. The molecule has 0 aliphatic rings. The smallest absolute Gasteiger partial charge is 0.341 e. The molecule has 10 heteroatoms. The normalized spacial score (nSPS) is 13.5. The number of unbranched alkanes of at least 4 members (excludes halogenated alkanes) is 1. The first-order chi connectivity index (χ1) is 19.6. The topological polar surface area (TPSA) is 102 Å². The number of carbonyl (C=O) groups is 1. The van der Waals surface area contributed by atoms with Gasteiger partial charge in [0.2, 0.25) is 0 Å². The van der Waals surface area contributed by atoms with E-state index in [2.05, 4.69) is 63.3 Å². The number of nitrogens with one attached hydrogen (secondary N) is 2. The fourth-order valence-electron chi connectivity index (χ4n) is 4.48. The number of ether oxygens (including phenoxy) is 2. The summed E-state index contributed by atoms with van der Waals surface area (Å²) in [6.07, 6.45) is 2.66. The molecule has 0 unspecified atom stereocenters. The Hall–Kier alpha value is -3.37. The molecule has 0 radical (unpaired) electrons. The van der Waals surface area contributed by atoms with Crippen molar-refractivity contribution in [2.24, 2.45) is 0 Å². The highest BCUT2D eigenvalue weighted by molar-refractivity contribution is 6.74. The van der Waals surface area contributed by atoms with E-state index >= 15 is 0 Å². The van der Waals surface area contributed by atoms with Crippen LogP contribution in [0, 0.1) is 5.82 Å². The molecular formula is C32H46FN3O5Si. The average Bonchev–Trinajstić information content (AvgIpc) is 2.92. The molecule has 0 saturated carbocycles. The third kappa shape index (κ3) is 7.71. The molecular weight excluding hydrogens is 553 g/mol. The number of benzene rings is 2. The molecule has 0 saturated heterocycles. The van der Waals surface area contributed by atoms with Gasteiger partial charge in [-0.25, -0.2) is 14.2 Å². The SMILES string of the molecule is CCCC[C@](C)(CO[Si](C)(C)C(C)(C)C)Nc1c(C(=O)O)c(NCc2ccc(OC)cc2OC)nc2cc(F)ccc12. The lowest BCUT2D eigenvalue weighted by Gasteiger charge is -2.41. The van der Waals surface area contributed by atoms with Gasteiger partial charge in [0.25, 0.3) is 0 Å². The van der Waals surface area contributed by atoms with Crippen LogP contribution >= 0.6 is 0 Å². The van der Waals surface area contributed by atoms with Crippen LogP contribution in [0.4, 0.5) is 15.9 Å². The van der Waals surface area contributed by atoms with Crippen molar-refractivity contribution in [2.75, 3.05) is 31.5 Å². The summed E-state index contributed by atoms with van der Waals surface area (Å²) in [5, 5.41) is 17.8. The van der Waals surface area contributed by atoms with Crippen LogP contribution in [0.1, 0.15) is 69.8 Å². The van der Waals surface area contributed by atoms with Crippen LogP contribution < -0.4 is 20.1 Å². The summed E-state index contributed by atoms with van der Waals surface area (Å²) in [6, 6.07) is 9.62. The molecule has 0 bridgehead atoms. The number of hydrogen-bond donors (Lipinski definition) is 3. The second-order valence-corrected chi connectivity index (χ2v) is 17.4. The molecule has 2 aromatic carbocycles. The number of methoxy groups -OCH3 is 2. The molecule has 8 nitrogen and oxygen atoms in total. The molecule has 0 aliphatic heterocycles. The van der Waals surface area contributed by atoms with Gasteiger partial charge >= 0.3 is 5.97 Å². The highest BCUT2D eigenvalue weighted by atomic mass is 28.4. The maximum Gasteiger partial charge on any atom is 0.341 e. The van der Waals surface area contributed by atoms with Gasteiger partial charge in [-0.15, -0.1) is 0 Å². The van der Waals surface area contributed by atoms with E-state index in [1.165, 1.54) is 12.1 Å². The lowest BCUT2D eigenvalue weighted by molar-refractivity contribution is 0.0698. The predicted molar refractivity (Wildman–Crippen MR) is 170 cm³/mol. The number of carboxylic acids is 1. The van der Waals surface area contributed by atoms with Crippen LogP contribution in [0.25, 0.3) is 10.9 Å². The molecule has 230 valence electrons. The van der Waals surface area contributed by atoms with E-state index in [0.717, 1.165) is 24.8 Å². The molecule has 1 atom stereocenters. The summed E-state index contributed by atoms with van der Waals surface area (Å²) < 4.78 is 31.9. The first-order valence-corrected chi connectivity index (χ1v) is 17.3. The van der Waals surface area contributed by atoms with Gasteiger partial charge in [-0.1, -0.05) is 40.5 Å². The van der Waals surface area contributed by atoms with Crippen molar-refractivity contribution in [3.8, 4) is 11.5 Å². The molecule has 3 aromatic rings. The maximum absolute atomic E-state index is 14.4. The number of nitrogens with zero attached hydrogens (tertiary/aromatic N) is 1. The van der Waals surface area contributed by atoms with E-state index in [0.29, 0.717) is 34.7 Å². The number of hydrogen-bond acceptors (Lipinski definition) is 7. The molecule has 1 aromatic heterocycles. The summed E-state index contributed by atoms with van der Waals surface area (Å²) in [7, 11) is 1.04. The largest absolute Gasteiger partial charge is 0.497 e. The standard InChI is InChI=1S/C32H46FN3O5Si/c1-10-11-16-32(5,20-41-42(8,9)31(2,3)4)36-28-24-15-13-22(33)17-25(24)35-29(27(28)30(37)38)34-19-21-12-14-23(39-6)18-26(21)40-7/h12-15,17-18H,10-11,16,19-20H2,1-9H3,(H,37,38)(H2,34,35,36)/t32-/m1/s1. The van der Waals surface area contributed by atoms with E-state index in [4.69, 9.17) is 13.9 Å². The summed E-state index contributed by atoms with van der Waals surface area (Å²) in [5.74, 6) is -0.257. The van der Waals surface area contributed by atoms with Crippen LogP contribution in [0.5, 0.6) is 11.5 Å². The Morgan fingerprint density at radius 2 is 1.79 bits per heavy atom. The second kappa shape index (κ2) is 13.3. The summed E-state index contributed by atoms with van der Waals surface area (Å²) in [6.45, 7) is 15.8. The Kier molecular flexibility index (Phi) is 10.5. The van der Waals surface area contributed by atoms with E-state index in [1.54, 1.807) is 32.4 Å². The second-order valence-electron chi connectivity index (χ2n) is 12.5. The highest BCUT2D eigenvalue weighted by Gasteiger charge is 2.39. The summed E-state index contributed by atoms with van der Waals surface area (Å²) in [4.78, 5) is 17.4. The minimum Gasteiger partial charge on any atom is -0.497 e. The van der Waals surface area contributed by atoms with Gasteiger partial charge in [0.05, 0.1) is 37.6 Å². The first-order valence-electron chi connectivity index (χ1n) is 14.4. The van der Waals surface area contributed by atoms with Crippen LogP contribution in [0.3, 0.4) is 0 Å². The van der Waals surface area contributed by atoms with E-state index in [1.807, 2.05) is 6.07 Å². The van der Waals surface area contributed by atoms with Crippen molar-refractivity contribution in [3.63, 3.8) is 0 Å². The van der Waals surface area contributed by atoms with E-state index in [9.17, 15) is 14.3 Å². The highest BCUT2D eigenvalue weighted by Crippen LogP contribution is 2.39. The average molecular weight is 600 g/mol. The van der Waals surface area contributed by atoms with Crippen molar-refractivity contribution in [3.05, 3.63) is 53.3 Å². The summed E-state index contributed by atoms with van der Waals surface area (Å²) in [5.41, 5.74) is 0.899. The van der Waals surface area contributed by atoms with Crippen LogP contribution in [-0.2, 0) is 11.0 Å². The van der Waals surface area contributed by atoms with Gasteiger partial charge in [-0.05, 0) is 55.7 Å². The van der Waals surface area contributed by atoms with Crippen molar-refractivity contribution in [2.45, 2.75) is 84.1 Å². The molecule has 3 rings (SSSR count). The monoisotopic (exact) mass is 599 g/mol. The Morgan fingerprint density at radius 1 is 1.07 bits per heavy atom. The molecule has 42 heavy (non-hydrogen) atoms. The number of pyridine rings is 1. The number of aromatic nitrogens is 1. The van der Waals surface area contributed by atoms with Gasteiger partial charge < -0.3 is 29.6 Å². The van der Waals surface area contributed by atoms with Gasteiger partial charge in [0.15, 0.2) is 8.32 Å². The molecule has 1 heterocycles.